The van der Waals surface area contributed by atoms with Crippen molar-refractivity contribution < 1.29 is 43.6 Å². The summed E-state index contributed by atoms with van der Waals surface area (Å²) in [6, 6.07) is 26.6. The molecule has 0 atom stereocenters. The molecule has 0 saturated carbocycles. The molecule has 0 unspecified atom stereocenters. The Balaban J connectivity index is 0.905. The van der Waals surface area contributed by atoms with Crippen LogP contribution in [-0.2, 0) is 56.3 Å². The first-order valence-electron chi connectivity index (χ1n) is 23.2. The van der Waals surface area contributed by atoms with E-state index in [0.29, 0.717) is 110 Å². The average Bonchev–Trinajstić information content (AvgIpc) is 3.33. The van der Waals surface area contributed by atoms with E-state index in [9.17, 15) is 29.4 Å². The maximum atomic E-state index is 13.5. The molecule has 3 N–H and O–H groups in total. The highest BCUT2D eigenvalue weighted by Gasteiger charge is 2.23. The number of ether oxygens (including phenoxy) is 3. The van der Waals surface area contributed by atoms with E-state index < -0.39 is 5.97 Å². The summed E-state index contributed by atoms with van der Waals surface area (Å²) >= 11 is 1.72. The smallest absolute Gasteiger partial charge is 0.354 e. The molecule has 1 aliphatic rings. The van der Waals surface area contributed by atoms with Crippen molar-refractivity contribution in [1.29, 1.82) is 0 Å². The Hall–Kier alpha value is -5.33. The number of carbonyl (C=O) groups is 4. The van der Waals surface area contributed by atoms with Gasteiger partial charge in [0.2, 0.25) is 11.8 Å². The van der Waals surface area contributed by atoms with Gasteiger partial charge in [-0.1, -0.05) is 67.1 Å². The fourth-order valence-electron chi connectivity index (χ4n) is 7.56. The standard InChI is InChI=1S/C51H66N6O9S/c58-28-24-55(38-44-14-8-16-46(40-59)53-44)25-31-65-33-34-66-32-27-56(39-45-15-9-17-47(54-45)51(62)63)26-30-64-29-10-36-67-35-7-1-6-23-52-49(60)21-22-50(61)57-37-43-13-3-2-11-41(43)19-20-42-12-4-5-18-48(42)57/h2-5,8-18,36,40,58H,1,6-7,19-35,37-39H2,(H,52,60)(H,62,63)/b36-10-. The Labute approximate surface area is 398 Å². The van der Waals surface area contributed by atoms with E-state index in [0.717, 1.165) is 60.4 Å². The highest BCUT2D eigenvalue weighted by Crippen LogP contribution is 2.29. The fourth-order valence-corrected chi connectivity index (χ4v) is 8.28. The van der Waals surface area contributed by atoms with E-state index in [1.165, 1.54) is 11.6 Å². The topological polar surface area (TPSA) is 184 Å². The third kappa shape index (κ3) is 19.8. The summed E-state index contributed by atoms with van der Waals surface area (Å²) in [5.74, 6) is -0.254. The first kappa shape index (κ1) is 52.6. The van der Waals surface area contributed by atoms with Gasteiger partial charge in [0.25, 0.3) is 0 Å². The maximum absolute atomic E-state index is 13.5. The van der Waals surface area contributed by atoms with Gasteiger partial charge in [0.15, 0.2) is 6.29 Å². The molecule has 2 amide bonds. The summed E-state index contributed by atoms with van der Waals surface area (Å²) < 4.78 is 17.5. The molecule has 0 radical (unpaired) electrons. The molecule has 2 aromatic carbocycles. The molecular weight excluding hydrogens is 873 g/mol. The molecule has 5 rings (SSSR count). The number of para-hydroxylation sites is 1. The van der Waals surface area contributed by atoms with Gasteiger partial charge >= 0.3 is 5.97 Å². The normalized spacial score (nSPS) is 12.5. The lowest BCUT2D eigenvalue weighted by Gasteiger charge is -2.29. The lowest BCUT2D eigenvalue weighted by Crippen LogP contribution is -2.34. The quantitative estimate of drug-likeness (QED) is 0.0384. The molecule has 360 valence electrons. The Kier molecular flexibility index (Phi) is 24.2. The molecule has 3 heterocycles. The van der Waals surface area contributed by atoms with Crippen LogP contribution in [0.4, 0.5) is 5.69 Å². The number of rotatable bonds is 32. The van der Waals surface area contributed by atoms with Crippen LogP contribution >= 0.6 is 11.8 Å². The number of carbonyl (C=O) groups excluding carboxylic acids is 3. The highest BCUT2D eigenvalue weighted by molar-refractivity contribution is 8.02. The van der Waals surface area contributed by atoms with Crippen molar-refractivity contribution in [2.24, 2.45) is 0 Å². The van der Waals surface area contributed by atoms with E-state index in [1.807, 2.05) is 63.7 Å². The summed E-state index contributed by atoms with van der Waals surface area (Å²) in [4.78, 5) is 63.3. The van der Waals surface area contributed by atoms with Crippen molar-refractivity contribution in [2.45, 2.75) is 64.6 Å². The molecule has 1 aliphatic heterocycles. The van der Waals surface area contributed by atoms with E-state index in [-0.39, 0.29) is 37.0 Å². The number of hydrogen-bond donors (Lipinski definition) is 3. The minimum Gasteiger partial charge on any atom is -0.477 e. The zero-order chi connectivity index (χ0) is 47.3. The molecule has 0 aliphatic carbocycles. The Morgan fingerprint density at radius 2 is 1.37 bits per heavy atom. The zero-order valence-corrected chi connectivity index (χ0v) is 39.3. The Morgan fingerprint density at radius 1 is 0.716 bits per heavy atom. The SMILES string of the molecule is O=Cc1cccc(CN(CCO)CCOCCOCCN(CCOC/C=C\SCCCCCNC(=O)CCC(=O)N2Cc3ccccc3CCc3ccccc32)Cc2cccc(C(=O)O)n2)n1. The summed E-state index contributed by atoms with van der Waals surface area (Å²) in [5.41, 5.74) is 6.26. The van der Waals surface area contributed by atoms with E-state index in [2.05, 4.69) is 38.4 Å². The van der Waals surface area contributed by atoms with Gasteiger partial charge in [-0.15, -0.1) is 11.8 Å². The van der Waals surface area contributed by atoms with Crippen LogP contribution < -0.4 is 10.2 Å². The number of hydrogen-bond acceptors (Lipinski definition) is 13. The maximum Gasteiger partial charge on any atom is 0.354 e. The minimum absolute atomic E-state index is 0.00216. The van der Waals surface area contributed by atoms with E-state index in [1.54, 1.807) is 30.0 Å². The molecule has 0 bridgehead atoms. The number of carboxylic acids is 1. The second kappa shape index (κ2) is 30.9. The van der Waals surface area contributed by atoms with Crippen LogP contribution in [0.25, 0.3) is 0 Å². The molecule has 67 heavy (non-hydrogen) atoms. The third-order valence-electron chi connectivity index (χ3n) is 11.1. The number of amides is 2. The second-order valence-electron chi connectivity index (χ2n) is 16.1. The number of benzene rings is 2. The van der Waals surface area contributed by atoms with Gasteiger partial charge in [0, 0.05) is 64.3 Å². The molecule has 0 saturated heterocycles. The molecule has 16 heteroatoms. The third-order valence-corrected chi connectivity index (χ3v) is 12.0. The van der Waals surface area contributed by atoms with Gasteiger partial charge in [0.05, 0.1) is 64.2 Å². The summed E-state index contributed by atoms with van der Waals surface area (Å²) in [6.45, 7) is 6.85. The van der Waals surface area contributed by atoms with Gasteiger partial charge < -0.3 is 34.6 Å². The van der Waals surface area contributed by atoms with Gasteiger partial charge in [-0.2, -0.15) is 0 Å². The largest absolute Gasteiger partial charge is 0.477 e. The lowest BCUT2D eigenvalue weighted by molar-refractivity contribution is -0.125. The number of aromatic carboxylic acids is 1. The fraction of sp³-hybridized carbons (Fsp3) is 0.451. The molecule has 0 fully saturated rings. The molecule has 0 spiro atoms. The average molecular weight is 939 g/mol. The summed E-state index contributed by atoms with van der Waals surface area (Å²) in [7, 11) is 0. The second-order valence-corrected chi connectivity index (χ2v) is 17.1. The van der Waals surface area contributed by atoms with Gasteiger partial charge in [-0.25, -0.2) is 14.8 Å². The molecular formula is C51H66N6O9S. The monoisotopic (exact) mass is 938 g/mol. The molecule has 15 nitrogen and oxygen atoms in total. The van der Waals surface area contributed by atoms with Crippen LogP contribution in [0, 0.1) is 0 Å². The lowest BCUT2D eigenvalue weighted by atomic mass is 9.95. The predicted molar refractivity (Wildman–Crippen MR) is 260 cm³/mol. The number of aryl methyl sites for hydroxylation is 2. The zero-order valence-electron chi connectivity index (χ0n) is 38.5. The van der Waals surface area contributed by atoms with Crippen LogP contribution in [0.1, 0.15) is 81.2 Å². The van der Waals surface area contributed by atoms with Crippen molar-refractivity contribution in [1.82, 2.24) is 25.1 Å². The number of pyridine rings is 2. The molecule has 2 aromatic heterocycles. The number of nitrogens with one attached hydrogen (secondary N) is 1. The van der Waals surface area contributed by atoms with Crippen LogP contribution in [0.2, 0.25) is 0 Å². The highest BCUT2D eigenvalue weighted by atomic mass is 32.2. The van der Waals surface area contributed by atoms with Crippen molar-refractivity contribution in [3.8, 4) is 0 Å². The van der Waals surface area contributed by atoms with Crippen LogP contribution in [0.5, 0.6) is 0 Å². The number of carboxylic acid groups (broad SMARTS) is 1. The number of unbranched alkanes of at least 4 members (excludes halogenated alkanes) is 2. The number of nitrogens with zero attached hydrogens (tertiary/aromatic N) is 5. The Morgan fingerprint density at radius 3 is 2.10 bits per heavy atom. The summed E-state index contributed by atoms with van der Waals surface area (Å²) in [5, 5.41) is 23.9. The van der Waals surface area contributed by atoms with Gasteiger partial charge in [-0.05, 0) is 83.9 Å². The van der Waals surface area contributed by atoms with Crippen molar-refractivity contribution >= 4 is 41.5 Å². The van der Waals surface area contributed by atoms with Gasteiger partial charge in [0.1, 0.15) is 11.4 Å². The first-order chi connectivity index (χ1) is 32.8. The number of aliphatic hydroxyl groups excluding tert-OH is 1. The van der Waals surface area contributed by atoms with Gasteiger partial charge in [-0.3, -0.25) is 24.2 Å². The minimum atomic E-state index is -1.07. The number of thioether (sulfide) groups is 1. The van der Waals surface area contributed by atoms with E-state index >= 15 is 0 Å². The Bertz CT molecular complexity index is 2160. The molecule has 4 aromatic rings. The van der Waals surface area contributed by atoms with Crippen LogP contribution in [0.3, 0.4) is 0 Å². The number of fused-ring (bicyclic) bond motifs is 2. The van der Waals surface area contributed by atoms with E-state index in [4.69, 9.17) is 14.2 Å². The first-order valence-corrected chi connectivity index (χ1v) is 24.2. The number of aldehydes is 1. The van der Waals surface area contributed by atoms with Crippen molar-refractivity contribution in [2.75, 3.05) is 89.6 Å². The number of aromatic nitrogens is 2. The van der Waals surface area contributed by atoms with Crippen molar-refractivity contribution in [3.63, 3.8) is 0 Å². The number of aliphatic hydroxyl groups is 1. The van der Waals surface area contributed by atoms with Crippen LogP contribution in [-0.4, -0.2) is 139 Å². The number of anilines is 1. The van der Waals surface area contributed by atoms with Crippen molar-refractivity contribution in [3.05, 3.63) is 136 Å². The summed E-state index contributed by atoms with van der Waals surface area (Å²) in [6.07, 6.45) is 7.72. The predicted octanol–water partition coefficient (Wildman–Crippen LogP) is 5.98. The van der Waals surface area contributed by atoms with Crippen LogP contribution in [0.15, 0.2) is 96.4 Å².